The summed E-state index contributed by atoms with van der Waals surface area (Å²) in [6.45, 7) is 7.00. The van der Waals surface area contributed by atoms with E-state index in [1.54, 1.807) is 13.0 Å². The lowest BCUT2D eigenvalue weighted by Crippen LogP contribution is -2.37. The van der Waals surface area contributed by atoms with Gasteiger partial charge in [-0.3, -0.25) is 0 Å². The Morgan fingerprint density at radius 1 is 1.08 bits per heavy atom. The van der Waals surface area contributed by atoms with Crippen LogP contribution in [0.4, 0.5) is 4.39 Å². The van der Waals surface area contributed by atoms with Gasteiger partial charge in [0.2, 0.25) is 0 Å². The first-order valence-corrected chi connectivity index (χ1v) is 13.8. The fourth-order valence-corrected chi connectivity index (χ4v) is 5.34. The van der Waals surface area contributed by atoms with E-state index in [1.807, 2.05) is 30.3 Å². The Labute approximate surface area is 226 Å². The summed E-state index contributed by atoms with van der Waals surface area (Å²) < 4.78 is 31.7. The van der Waals surface area contributed by atoms with Crippen LogP contribution in [0.3, 0.4) is 0 Å². The topological polar surface area (TPSA) is 27.7 Å². The second kappa shape index (κ2) is 12.8. The molecule has 2 aromatic carbocycles. The van der Waals surface area contributed by atoms with Gasteiger partial charge in [-0.15, -0.1) is 15.8 Å². The highest BCUT2D eigenvalue weighted by Gasteiger charge is 2.31. The maximum Gasteiger partial charge on any atom is 0.160 e. The van der Waals surface area contributed by atoms with Crippen molar-refractivity contribution < 1.29 is 18.6 Å². The number of hydrogen-bond donors (Lipinski definition) is 0. The second-order valence-corrected chi connectivity index (χ2v) is 11.1. The lowest BCUT2D eigenvalue weighted by Gasteiger charge is -2.37. The average Bonchev–Trinajstić information content (AvgIpc) is 2.90. The van der Waals surface area contributed by atoms with Crippen molar-refractivity contribution >= 4 is 30.2 Å². The monoisotopic (exact) mass is 516 g/mol. The summed E-state index contributed by atoms with van der Waals surface area (Å²) in [5, 5.41) is -0.859. The third-order valence-corrected chi connectivity index (χ3v) is 8.20. The molecule has 7 heteroatoms. The molecule has 0 amide bonds. The van der Waals surface area contributed by atoms with E-state index in [-0.39, 0.29) is 12.1 Å². The molecule has 1 heterocycles. The Bertz CT molecular complexity index is 1050. The minimum atomic E-state index is -1.56. The van der Waals surface area contributed by atoms with E-state index >= 15 is 0 Å². The van der Waals surface area contributed by atoms with Gasteiger partial charge in [0, 0.05) is 23.3 Å². The van der Waals surface area contributed by atoms with Gasteiger partial charge < -0.3 is 14.2 Å². The van der Waals surface area contributed by atoms with Crippen LogP contribution in [-0.4, -0.2) is 35.2 Å². The van der Waals surface area contributed by atoms with Gasteiger partial charge in [-0.05, 0) is 79.4 Å². The van der Waals surface area contributed by atoms with Crippen LogP contribution in [0.25, 0.3) is 0 Å². The quantitative estimate of drug-likeness (QED) is 0.246. The normalized spacial score (nSPS) is 24.7. The molecular weight excluding hydrogens is 480 g/mol. The molecule has 1 saturated carbocycles. The number of halogens is 1. The van der Waals surface area contributed by atoms with Crippen LogP contribution in [0.1, 0.15) is 48.8 Å². The third-order valence-electron chi connectivity index (χ3n) is 7.60. The fraction of sp³-hybridized carbons (Fsp3) is 0.467. The Hall–Kier alpha value is -1.87. The summed E-state index contributed by atoms with van der Waals surface area (Å²) in [6, 6.07) is 10.7. The first-order chi connectivity index (χ1) is 17.7. The van der Waals surface area contributed by atoms with E-state index in [0.29, 0.717) is 34.0 Å². The van der Waals surface area contributed by atoms with Gasteiger partial charge in [-0.25, -0.2) is 4.39 Å². The van der Waals surface area contributed by atoms with Crippen LogP contribution in [-0.2, 0) is 21.3 Å². The highest BCUT2D eigenvalue weighted by atomic mass is 31.0. The lowest BCUT2D eigenvalue weighted by atomic mass is 9.61. The Kier molecular flexibility index (Phi) is 9.73. The van der Waals surface area contributed by atoms with E-state index in [4.69, 9.17) is 29.9 Å². The average molecular weight is 516 g/mol. The molecule has 0 bridgehead atoms. The van der Waals surface area contributed by atoms with Gasteiger partial charge >= 0.3 is 0 Å². The summed E-state index contributed by atoms with van der Waals surface area (Å²) in [5.74, 6) is 1.49. The van der Waals surface area contributed by atoms with Crippen LogP contribution in [0.15, 0.2) is 61.2 Å². The lowest BCUT2D eigenvalue weighted by molar-refractivity contribution is -0.222. The zero-order chi connectivity index (χ0) is 26.4. The molecule has 0 spiro atoms. The van der Waals surface area contributed by atoms with Gasteiger partial charge in [-0.2, -0.15) is 0 Å². The van der Waals surface area contributed by atoms with E-state index < -0.39 is 5.40 Å². The zero-order valence-electron chi connectivity index (χ0n) is 21.7. The molecule has 2 aromatic rings. The number of rotatable bonds is 9. The Balaban J connectivity index is 1.21. The van der Waals surface area contributed by atoms with Crippen LogP contribution in [0.5, 0.6) is 5.75 Å². The largest absolute Gasteiger partial charge is 0.502 e. The molecule has 0 aromatic heterocycles. The van der Waals surface area contributed by atoms with Crippen LogP contribution in [0, 0.1) is 30.5 Å². The van der Waals surface area contributed by atoms with Crippen LogP contribution in [0.2, 0.25) is 0 Å². The highest BCUT2D eigenvalue weighted by molar-refractivity contribution is 7.27. The standard InChI is InChI=1S/C30H36B2FO3P/c1-3-21-18-34-29(35-19-21)24-12-8-22(9-13-24)6-4-5-7-23-10-14-25(15-11-23)30(31,32)36-26-16-27(33)20(2)28(37)17-26/h3-5,10-11,14-17,21-22,24,29H,1,6-9,12-13,18-19,37H2,2H3/b5-4-. The second-order valence-electron chi connectivity index (χ2n) is 10.4. The highest BCUT2D eigenvalue weighted by Crippen LogP contribution is 2.35. The molecule has 1 aliphatic carbocycles. The summed E-state index contributed by atoms with van der Waals surface area (Å²) in [6.07, 6.45) is 13.1. The van der Waals surface area contributed by atoms with Crippen molar-refractivity contribution in [1.29, 1.82) is 0 Å². The minimum absolute atomic E-state index is 0.0389. The summed E-state index contributed by atoms with van der Waals surface area (Å²) in [5.41, 5.74) is 2.33. The smallest absolute Gasteiger partial charge is 0.160 e. The molecule has 1 aliphatic heterocycles. The molecule has 192 valence electrons. The molecule has 37 heavy (non-hydrogen) atoms. The molecule has 4 rings (SSSR count). The minimum Gasteiger partial charge on any atom is -0.502 e. The van der Waals surface area contributed by atoms with Crippen molar-refractivity contribution in [3.63, 3.8) is 0 Å². The first kappa shape index (κ1) is 28.1. The van der Waals surface area contributed by atoms with Crippen molar-refractivity contribution in [3.8, 4) is 5.75 Å². The van der Waals surface area contributed by atoms with Crippen LogP contribution >= 0.6 is 9.24 Å². The molecule has 1 atom stereocenters. The third kappa shape index (κ3) is 7.59. The van der Waals surface area contributed by atoms with E-state index in [2.05, 4.69) is 28.0 Å². The Morgan fingerprint density at radius 3 is 2.38 bits per heavy atom. The van der Waals surface area contributed by atoms with E-state index in [0.717, 1.165) is 37.5 Å². The van der Waals surface area contributed by atoms with E-state index in [9.17, 15) is 4.39 Å². The number of allylic oxidation sites excluding steroid dienone is 2. The number of hydrogen-bond acceptors (Lipinski definition) is 3. The predicted molar refractivity (Wildman–Crippen MR) is 153 cm³/mol. The van der Waals surface area contributed by atoms with Gasteiger partial charge in [0.1, 0.15) is 27.3 Å². The molecule has 3 nitrogen and oxygen atoms in total. The van der Waals surface area contributed by atoms with Crippen molar-refractivity contribution in [2.45, 2.75) is 57.1 Å². The van der Waals surface area contributed by atoms with E-state index in [1.165, 1.54) is 31.7 Å². The van der Waals surface area contributed by atoms with Gasteiger partial charge in [0.05, 0.1) is 13.2 Å². The predicted octanol–water partition coefficient (Wildman–Crippen LogP) is 5.63. The molecule has 2 fully saturated rings. The van der Waals surface area contributed by atoms with Crippen molar-refractivity contribution in [1.82, 2.24) is 0 Å². The maximum absolute atomic E-state index is 14.1. The van der Waals surface area contributed by atoms with Gasteiger partial charge in [0.15, 0.2) is 6.29 Å². The first-order valence-electron chi connectivity index (χ1n) is 13.2. The molecule has 1 unspecified atom stereocenters. The number of ether oxygens (including phenoxy) is 3. The zero-order valence-corrected chi connectivity index (χ0v) is 22.9. The maximum atomic E-state index is 14.1. The number of benzene rings is 2. The van der Waals surface area contributed by atoms with Crippen molar-refractivity contribution in [3.05, 3.63) is 83.7 Å². The molecule has 2 aliphatic rings. The van der Waals surface area contributed by atoms with Gasteiger partial charge in [0.25, 0.3) is 0 Å². The SMILES string of the molecule is [B]C([B])(Oc1cc(F)c(C)c(P)c1)c1ccc(C/C=C\CC2CCC(C3OCC(C=C)CO3)CC2)cc1. The molecular formula is C30H36B2FO3P. The Morgan fingerprint density at radius 2 is 1.76 bits per heavy atom. The van der Waals surface area contributed by atoms with Crippen LogP contribution < -0.4 is 10.0 Å². The molecule has 1 saturated heterocycles. The van der Waals surface area contributed by atoms with Gasteiger partial charge in [-0.1, -0.05) is 42.5 Å². The summed E-state index contributed by atoms with van der Waals surface area (Å²) in [7, 11) is 14.9. The summed E-state index contributed by atoms with van der Waals surface area (Å²) >= 11 is 0. The summed E-state index contributed by atoms with van der Waals surface area (Å²) in [4.78, 5) is 0. The van der Waals surface area contributed by atoms with Crippen molar-refractivity contribution in [2.24, 2.45) is 17.8 Å². The van der Waals surface area contributed by atoms with Crippen molar-refractivity contribution in [2.75, 3.05) is 13.2 Å². The molecule has 0 N–H and O–H groups in total. The fourth-order valence-electron chi connectivity index (χ4n) is 5.03. The molecule has 4 radical (unpaired) electrons.